The lowest BCUT2D eigenvalue weighted by Gasteiger charge is -2.03. The van der Waals surface area contributed by atoms with E-state index in [4.69, 9.17) is 0 Å². The second-order valence-electron chi connectivity index (χ2n) is 2.13. The number of hydrogen-bond acceptors (Lipinski definition) is 1. The van der Waals surface area contributed by atoms with Crippen LogP contribution in [0.25, 0.3) is 0 Å². The zero-order valence-electron chi connectivity index (χ0n) is 5.23. The molecule has 50 valence electrons. The molecule has 1 atom stereocenters. The summed E-state index contributed by atoms with van der Waals surface area (Å²) in [5.74, 6) is 1.85. The van der Waals surface area contributed by atoms with E-state index < -0.39 is 0 Å². The smallest absolute Gasteiger partial charge is 0.00570 e. The second kappa shape index (κ2) is 5.96. The van der Waals surface area contributed by atoms with E-state index >= 15 is 0 Å². The van der Waals surface area contributed by atoms with Gasteiger partial charge in [-0.1, -0.05) is 22.9 Å². The van der Waals surface area contributed by atoms with Gasteiger partial charge in [-0.25, -0.2) is 0 Å². The molecular weight excluding hydrogens is 184 g/mol. The molecule has 0 aromatic heterocycles. The third kappa shape index (κ3) is 4.98. The van der Waals surface area contributed by atoms with Crippen LogP contribution in [0, 0.1) is 5.92 Å². The van der Waals surface area contributed by atoms with Crippen LogP contribution in [-0.4, -0.2) is 11.1 Å². The molecule has 2 heteroatoms. The van der Waals surface area contributed by atoms with Gasteiger partial charge < -0.3 is 0 Å². The lowest BCUT2D eigenvalue weighted by Crippen LogP contribution is -1.94. The van der Waals surface area contributed by atoms with Gasteiger partial charge in [0.2, 0.25) is 0 Å². The van der Waals surface area contributed by atoms with Crippen LogP contribution in [0.2, 0.25) is 0 Å². The number of alkyl halides is 1. The van der Waals surface area contributed by atoms with E-state index in [9.17, 15) is 0 Å². The molecule has 0 amide bonds. The fourth-order valence-corrected chi connectivity index (χ4v) is 1.02. The predicted octanol–water partition coefficient (Wildman–Crippen LogP) is 2.73. The van der Waals surface area contributed by atoms with E-state index in [2.05, 4.69) is 35.5 Å². The van der Waals surface area contributed by atoms with E-state index in [1.807, 2.05) is 0 Å². The van der Waals surface area contributed by atoms with Crippen LogP contribution < -0.4 is 0 Å². The highest BCUT2D eigenvalue weighted by Crippen LogP contribution is 2.08. The molecule has 0 heterocycles. The summed E-state index contributed by atoms with van der Waals surface area (Å²) in [7, 11) is 0. The minimum atomic E-state index is 0.821. The topological polar surface area (TPSA) is 0 Å². The largest absolute Gasteiger partial charge is 0.179 e. The Morgan fingerprint density at radius 3 is 2.62 bits per heavy atom. The highest BCUT2D eigenvalue weighted by molar-refractivity contribution is 9.09. The summed E-state index contributed by atoms with van der Waals surface area (Å²) in [5.41, 5.74) is 0. The Morgan fingerprint density at radius 1 is 1.62 bits per heavy atom. The van der Waals surface area contributed by atoms with E-state index in [0.717, 1.165) is 17.0 Å². The first-order valence-electron chi connectivity index (χ1n) is 2.98. The maximum Gasteiger partial charge on any atom is 0.00570 e. The fraction of sp³-hybridized carbons (Fsp3) is 1.00. The van der Waals surface area contributed by atoms with Gasteiger partial charge in [-0.05, 0) is 24.5 Å². The Kier molecular flexibility index (Phi) is 6.58. The van der Waals surface area contributed by atoms with Gasteiger partial charge >= 0.3 is 0 Å². The predicted molar refractivity (Wildman–Crippen MR) is 46.0 cm³/mol. The van der Waals surface area contributed by atoms with Gasteiger partial charge in [-0.3, -0.25) is 0 Å². The summed E-state index contributed by atoms with van der Waals surface area (Å²) >= 11 is 7.54. The fourth-order valence-electron chi connectivity index (χ4n) is 0.517. The molecule has 0 spiro atoms. The Morgan fingerprint density at radius 2 is 2.25 bits per heavy atom. The minimum absolute atomic E-state index is 0.821. The van der Waals surface area contributed by atoms with Gasteiger partial charge in [0.15, 0.2) is 0 Å². The average Bonchev–Trinajstić information content (AvgIpc) is 1.83. The molecule has 1 unspecified atom stereocenters. The van der Waals surface area contributed by atoms with Crippen molar-refractivity contribution in [1.82, 2.24) is 0 Å². The van der Waals surface area contributed by atoms with Crippen molar-refractivity contribution in [3.63, 3.8) is 0 Å². The number of rotatable bonds is 4. The summed E-state index contributed by atoms with van der Waals surface area (Å²) in [6, 6.07) is 0. The molecule has 0 N–H and O–H groups in total. The summed E-state index contributed by atoms with van der Waals surface area (Å²) in [5, 5.41) is 1.13. The molecule has 0 rings (SSSR count). The molecule has 0 aliphatic carbocycles. The summed E-state index contributed by atoms with van der Waals surface area (Å²) in [6.07, 6.45) is 2.55. The Hall–Kier alpha value is 0.830. The molecule has 0 saturated heterocycles. The van der Waals surface area contributed by atoms with E-state index in [1.54, 1.807) is 0 Å². The lowest BCUT2D eigenvalue weighted by molar-refractivity contribution is 0.592. The van der Waals surface area contributed by atoms with Crippen LogP contribution in [0.15, 0.2) is 0 Å². The third-order valence-corrected chi connectivity index (χ3v) is 2.54. The molecule has 0 saturated carbocycles. The number of halogens is 1. The van der Waals surface area contributed by atoms with Crippen LogP contribution in [-0.2, 0) is 0 Å². The van der Waals surface area contributed by atoms with Crippen molar-refractivity contribution in [2.45, 2.75) is 19.8 Å². The molecule has 0 bridgehead atoms. The molecule has 0 aromatic carbocycles. The van der Waals surface area contributed by atoms with Gasteiger partial charge in [0.1, 0.15) is 0 Å². The first-order valence-corrected chi connectivity index (χ1v) is 4.73. The van der Waals surface area contributed by atoms with Crippen LogP contribution in [0.1, 0.15) is 19.8 Å². The van der Waals surface area contributed by atoms with Gasteiger partial charge in [0, 0.05) is 5.33 Å². The second-order valence-corrected chi connectivity index (χ2v) is 3.22. The SMILES string of the molecule is CC(CBr)CCCS. The van der Waals surface area contributed by atoms with E-state index in [0.29, 0.717) is 0 Å². The van der Waals surface area contributed by atoms with Crippen molar-refractivity contribution in [2.75, 3.05) is 11.1 Å². The summed E-state index contributed by atoms with van der Waals surface area (Å²) in [6.45, 7) is 2.25. The van der Waals surface area contributed by atoms with Gasteiger partial charge in [0.05, 0.1) is 0 Å². The highest BCUT2D eigenvalue weighted by atomic mass is 79.9. The lowest BCUT2D eigenvalue weighted by atomic mass is 10.1. The maximum absolute atomic E-state index is 4.12. The average molecular weight is 197 g/mol. The molecular formula is C6H13BrS. The quantitative estimate of drug-likeness (QED) is 0.520. The summed E-state index contributed by atoms with van der Waals surface area (Å²) in [4.78, 5) is 0. The van der Waals surface area contributed by atoms with Crippen LogP contribution in [0.4, 0.5) is 0 Å². The van der Waals surface area contributed by atoms with E-state index in [1.165, 1.54) is 12.8 Å². The van der Waals surface area contributed by atoms with Crippen LogP contribution >= 0.6 is 28.6 Å². The number of hydrogen-bond donors (Lipinski definition) is 1. The molecule has 8 heavy (non-hydrogen) atoms. The van der Waals surface area contributed by atoms with Gasteiger partial charge in [0.25, 0.3) is 0 Å². The normalized spacial score (nSPS) is 13.9. The Bertz CT molecular complexity index is 47.8. The molecule has 0 radical (unpaired) electrons. The highest BCUT2D eigenvalue weighted by Gasteiger charge is 1.96. The van der Waals surface area contributed by atoms with Gasteiger partial charge in [-0.2, -0.15) is 12.6 Å². The van der Waals surface area contributed by atoms with Crippen LogP contribution in [0.3, 0.4) is 0 Å². The van der Waals surface area contributed by atoms with Crippen molar-refractivity contribution in [3.8, 4) is 0 Å². The maximum atomic E-state index is 4.12. The van der Waals surface area contributed by atoms with Gasteiger partial charge in [-0.15, -0.1) is 0 Å². The molecule has 0 nitrogen and oxygen atoms in total. The first kappa shape index (κ1) is 8.83. The number of thiol groups is 1. The molecule has 0 aromatic rings. The monoisotopic (exact) mass is 196 g/mol. The molecule has 0 aliphatic rings. The van der Waals surface area contributed by atoms with Crippen molar-refractivity contribution in [1.29, 1.82) is 0 Å². The van der Waals surface area contributed by atoms with Crippen molar-refractivity contribution in [3.05, 3.63) is 0 Å². The van der Waals surface area contributed by atoms with E-state index in [-0.39, 0.29) is 0 Å². The van der Waals surface area contributed by atoms with Crippen molar-refractivity contribution >= 4 is 28.6 Å². The first-order chi connectivity index (χ1) is 3.81. The minimum Gasteiger partial charge on any atom is -0.179 e. The van der Waals surface area contributed by atoms with Crippen molar-refractivity contribution < 1.29 is 0 Å². The Labute approximate surface area is 65.6 Å². The standard InChI is InChI=1S/C6H13BrS/c1-6(5-7)3-2-4-8/h6,8H,2-5H2,1H3. The molecule has 0 aliphatic heterocycles. The Balaban J connectivity index is 2.86. The zero-order valence-corrected chi connectivity index (χ0v) is 7.71. The zero-order chi connectivity index (χ0) is 6.41. The summed E-state index contributed by atoms with van der Waals surface area (Å²) < 4.78 is 0. The van der Waals surface area contributed by atoms with Crippen molar-refractivity contribution in [2.24, 2.45) is 5.92 Å². The van der Waals surface area contributed by atoms with Crippen LogP contribution in [0.5, 0.6) is 0 Å². The molecule has 0 fully saturated rings. The third-order valence-electron chi connectivity index (χ3n) is 1.12.